The highest BCUT2D eigenvalue weighted by Crippen LogP contribution is 2.18. The summed E-state index contributed by atoms with van der Waals surface area (Å²) in [5, 5.41) is 9.57. The molecule has 1 aromatic carbocycles. The number of aromatic hydroxyl groups is 1. The van der Waals surface area contributed by atoms with Gasteiger partial charge in [0.05, 0.1) is 5.56 Å². The summed E-state index contributed by atoms with van der Waals surface area (Å²) in [6, 6.07) is 6.61. The van der Waals surface area contributed by atoms with Crippen molar-refractivity contribution in [2.45, 2.75) is 19.4 Å². The molecule has 0 fully saturated rings. The molecule has 1 rings (SSSR count). The molecule has 0 aliphatic heterocycles. The predicted molar refractivity (Wildman–Crippen MR) is 63.3 cm³/mol. The van der Waals surface area contributed by atoms with E-state index in [-0.39, 0.29) is 17.7 Å². The number of amides is 1. The van der Waals surface area contributed by atoms with Crippen molar-refractivity contribution >= 4 is 5.91 Å². The molecule has 1 aromatic rings. The standard InChI is InChI=1S/C12H18N2O2/c1-9(7-8-13)14(2)12(16)10-5-3-4-6-11(10)15/h3-6,9,15H,7-8,13H2,1-2H3. The van der Waals surface area contributed by atoms with Crippen LogP contribution in [0.3, 0.4) is 0 Å². The monoisotopic (exact) mass is 222 g/mol. The molecule has 16 heavy (non-hydrogen) atoms. The molecule has 1 unspecified atom stereocenters. The Labute approximate surface area is 95.7 Å². The summed E-state index contributed by atoms with van der Waals surface area (Å²) >= 11 is 0. The second kappa shape index (κ2) is 5.51. The van der Waals surface area contributed by atoms with Gasteiger partial charge in [-0.1, -0.05) is 12.1 Å². The maximum atomic E-state index is 12.0. The average molecular weight is 222 g/mol. The SMILES string of the molecule is CC(CCN)N(C)C(=O)c1ccccc1O. The van der Waals surface area contributed by atoms with Gasteiger partial charge >= 0.3 is 0 Å². The smallest absolute Gasteiger partial charge is 0.257 e. The van der Waals surface area contributed by atoms with Gasteiger partial charge in [-0.3, -0.25) is 4.79 Å². The van der Waals surface area contributed by atoms with Gasteiger partial charge in [-0.2, -0.15) is 0 Å². The van der Waals surface area contributed by atoms with Crippen LogP contribution in [0.5, 0.6) is 5.75 Å². The van der Waals surface area contributed by atoms with Crippen molar-refractivity contribution in [1.82, 2.24) is 4.90 Å². The van der Waals surface area contributed by atoms with E-state index in [1.807, 2.05) is 6.92 Å². The fourth-order valence-corrected chi connectivity index (χ4v) is 1.48. The van der Waals surface area contributed by atoms with Gasteiger partial charge in [-0.15, -0.1) is 0 Å². The van der Waals surface area contributed by atoms with Crippen molar-refractivity contribution in [3.05, 3.63) is 29.8 Å². The fraction of sp³-hybridized carbons (Fsp3) is 0.417. The van der Waals surface area contributed by atoms with Crippen molar-refractivity contribution in [2.24, 2.45) is 5.73 Å². The Morgan fingerprint density at radius 1 is 1.50 bits per heavy atom. The lowest BCUT2D eigenvalue weighted by Gasteiger charge is -2.24. The molecule has 0 bridgehead atoms. The van der Waals surface area contributed by atoms with Crippen LogP contribution >= 0.6 is 0 Å². The van der Waals surface area contributed by atoms with Crippen molar-refractivity contribution in [3.63, 3.8) is 0 Å². The second-order valence-corrected chi connectivity index (χ2v) is 3.86. The van der Waals surface area contributed by atoms with Gasteiger partial charge in [-0.25, -0.2) is 0 Å². The first-order chi connectivity index (χ1) is 7.57. The van der Waals surface area contributed by atoms with Crippen LogP contribution in [0, 0.1) is 0 Å². The van der Waals surface area contributed by atoms with E-state index in [0.29, 0.717) is 12.1 Å². The number of carbonyl (C=O) groups is 1. The van der Waals surface area contributed by atoms with E-state index >= 15 is 0 Å². The summed E-state index contributed by atoms with van der Waals surface area (Å²) in [5.41, 5.74) is 5.78. The predicted octanol–water partition coefficient (Wildman–Crippen LogP) is 1.20. The highest BCUT2D eigenvalue weighted by atomic mass is 16.3. The lowest BCUT2D eigenvalue weighted by molar-refractivity contribution is 0.0736. The van der Waals surface area contributed by atoms with Crippen LogP contribution in [0.1, 0.15) is 23.7 Å². The molecule has 0 saturated carbocycles. The Balaban J connectivity index is 2.82. The van der Waals surface area contributed by atoms with Crippen LogP contribution in [0.2, 0.25) is 0 Å². The summed E-state index contributed by atoms with van der Waals surface area (Å²) < 4.78 is 0. The first-order valence-corrected chi connectivity index (χ1v) is 5.33. The van der Waals surface area contributed by atoms with E-state index < -0.39 is 0 Å². The maximum Gasteiger partial charge on any atom is 0.257 e. The lowest BCUT2D eigenvalue weighted by Crippen LogP contribution is -2.36. The van der Waals surface area contributed by atoms with E-state index in [1.165, 1.54) is 6.07 Å². The normalized spacial score (nSPS) is 12.2. The molecule has 0 radical (unpaired) electrons. The molecule has 0 spiro atoms. The molecule has 88 valence electrons. The third kappa shape index (κ3) is 2.73. The Kier molecular flexibility index (Phi) is 4.31. The molecule has 1 amide bonds. The van der Waals surface area contributed by atoms with E-state index in [4.69, 9.17) is 5.73 Å². The third-order valence-corrected chi connectivity index (χ3v) is 2.70. The van der Waals surface area contributed by atoms with E-state index in [2.05, 4.69) is 0 Å². The zero-order valence-electron chi connectivity index (χ0n) is 9.68. The Bertz CT molecular complexity index is 366. The van der Waals surface area contributed by atoms with Crippen LogP contribution in [-0.2, 0) is 0 Å². The summed E-state index contributed by atoms with van der Waals surface area (Å²) in [5.74, 6) is -0.168. The minimum Gasteiger partial charge on any atom is -0.507 e. The molecule has 3 N–H and O–H groups in total. The summed E-state index contributed by atoms with van der Waals surface area (Å²) in [7, 11) is 1.72. The largest absolute Gasteiger partial charge is 0.507 e. The quantitative estimate of drug-likeness (QED) is 0.804. The number of para-hydroxylation sites is 1. The number of rotatable bonds is 4. The van der Waals surface area contributed by atoms with Crippen molar-refractivity contribution in [2.75, 3.05) is 13.6 Å². The molecule has 0 aliphatic rings. The molecular weight excluding hydrogens is 204 g/mol. The highest BCUT2D eigenvalue weighted by molar-refractivity contribution is 5.96. The number of benzene rings is 1. The van der Waals surface area contributed by atoms with Crippen molar-refractivity contribution in [3.8, 4) is 5.75 Å². The summed E-state index contributed by atoms with van der Waals surface area (Å²) in [6.07, 6.45) is 0.746. The number of carbonyl (C=O) groups excluding carboxylic acids is 1. The van der Waals surface area contributed by atoms with Gasteiger partial charge in [0.2, 0.25) is 0 Å². The summed E-state index contributed by atoms with van der Waals surface area (Å²) in [6.45, 7) is 2.48. The topological polar surface area (TPSA) is 66.6 Å². The van der Waals surface area contributed by atoms with E-state index in [9.17, 15) is 9.90 Å². The van der Waals surface area contributed by atoms with Gasteiger partial charge in [0.25, 0.3) is 5.91 Å². The van der Waals surface area contributed by atoms with Crippen LogP contribution in [-0.4, -0.2) is 35.5 Å². The van der Waals surface area contributed by atoms with Gasteiger partial charge in [0, 0.05) is 13.1 Å². The molecule has 1 atom stereocenters. The van der Waals surface area contributed by atoms with Crippen LogP contribution in [0.15, 0.2) is 24.3 Å². The summed E-state index contributed by atoms with van der Waals surface area (Å²) in [4.78, 5) is 13.6. The minimum absolute atomic E-state index is 0.0132. The van der Waals surface area contributed by atoms with E-state index in [0.717, 1.165) is 6.42 Å². The number of phenolic OH excluding ortho intramolecular Hbond substituents is 1. The van der Waals surface area contributed by atoms with Gasteiger partial charge in [0.1, 0.15) is 5.75 Å². The minimum atomic E-state index is -0.181. The van der Waals surface area contributed by atoms with E-state index in [1.54, 1.807) is 30.1 Å². The van der Waals surface area contributed by atoms with Crippen molar-refractivity contribution < 1.29 is 9.90 Å². The van der Waals surface area contributed by atoms with Crippen LogP contribution in [0.25, 0.3) is 0 Å². The lowest BCUT2D eigenvalue weighted by atomic mass is 10.1. The molecular formula is C12H18N2O2. The molecule has 0 saturated heterocycles. The average Bonchev–Trinajstić information content (AvgIpc) is 2.28. The van der Waals surface area contributed by atoms with Crippen LogP contribution < -0.4 is 5.73 Å². The molecule has 0 aliphatic carbocycles. The zero-order valence-corrected chi connectivity index (χ0v) is 9.68. The Hall–Kier alpha value is -1.55. The molecule has 0 heterocycles. The number of hydrogen-bond donors (Lipinski definition) is 2. The Morgan fingerprint density at radius 2 is 2.12 bits per heavy atom. The first kappa shape index (κ1) is 12.5. The number of hydrogen-bond acceptors (Lipinski definition) is 3. The number of nitrogens with two attached hydrogens (primary N) is 1. The molecule has 4 heteroatoms. The Morgan fingerprint density at radius 3 is 2.69 bits per heavy atom. The maximum absolute atomic E-state index is 12.0. The highest BCUT2D eigenvalue weighted by Gasteiger charge is 2.19. The number of nitrogens with zero attached hydrogens (tertiary/aromatic N) is 1. The zero-order chi connectivity index (χ0) is 12.1. The fourth-order valence-electron chi connectivity index (χ4n) is 1.48. The van der Waals surface area contributed by atoms with Gasteiger partial charge in [0.15, 0.2) is 0 Å². The van der Waals surface area contributed by atoms with Crippen LogP contribution in [0.4, 0.5) is 0 Å². The number of phenols is 1. The van der Waals surface area contributed by atoms with Gasteiger partial charge < -0.3 is 15.7 Å². The van der Waals surface area contributed by atoms with Gasteiger partial charge in [-0.05, 0) is 32.0 Å². The third-order valence-electron chi connectivity index (χ3n) is 2.70. The van der Waals surface area contributed by atoms with Crippen molar-refractivity contribution in [1.29, 1.82) is 0 Å². The second-order valence-electron chi connectivity index (χ2n) is 3.86. The first-order valence-electron chi connectivity index (χ1n) is 5.33. The molecule has 0 aromatic heterocycles. The molecule has 4 nitrogen and oxygen atoms in total.